The summed E-state index contributed by atoms with van der Waals surface area (Å²) < 4.78 is 27.6. The van der Waals surface area contributed by atoms with Gasteiger partial charge in [-0.25, -0.2) is 8.78 Å². The van der Waals surface area contributed by atoms with E-state index in [0.29, 0.717) is 13.0 Å². The van der Waals surface area contributed by atoms with E-state index in [-0.39, 0.29) is 17.2 Å². The van der Waals surface area contributed by atoms with Crippen molar-refractivity contribution in [2.24, 2.45) is 5.73 Å². The van der Waals surface area contributed by atoms with Crippen LogP contribution in [0.5, 0.6) is 0 Å². The number of nitrogens with one attached hydrogen (secondary N) is 1. The van der Waals surface area contributed by atoms with E-state index < -0.39 is 17.5 Å². The monoisotopic (exact) mass is 271 g/mol. The summed E-state index contributed by atoms with van der Waals surface area (Å²) in [5, 5.41) is 2.27. The lowest BCUT2D eigenvalue weighted by molar-refractivity contribution is 0.0958. The molecule has 0 aliphatic rings. The van der Waals surface area contributed by atoms with Gasteiger partial charge in [0.25, 0.3) is 5.91 Å². The molecule has 0 bridgehead atoms. The number of rotatable bonds is 5. The Hall–Kier alpha value is -1.53. The minimum absolute atomic E-state index is 0.0836. The lowest BCUT2D eigenvalue weighted by Gasteiger charge is -2.23. The quantitative estimate of drug-likeness (QED) is 0.831. The molecule has 0 fully saturated rings. The molecule has 0 saturated carbocycles. The minimum Gasteiger partial charge on any atom is -0.355 e. The van der Waals surface area contributed by atoms with Gasteiger partial charge in [-0.15, -0.1) is 0 Å². The van der Waals surface area contributed by atoms with Crippen molar-refractivity contribution in [1.29, 1.82) is 0 Å². The summed E-state index contributed by atoms with van der Waals surface area (Å²) in [7, 11) is 5.01. The number of benzene rings is 1. The van der Waals surface area contributed by atoms with Gasteiger partial charge in [0, 0.05) is 19.6 Å². The second-order valence-electron chi connectivity index (χ2n) is 4.56. The first kappa shape index (κ1) is 15.5. The van der Waals surface area contributed by atoms with Gasteiger partial charge in [-0.2, -0.15) is 0 Å². The number of amides is 1. The van der Waals surface area contributed by atoms with E-state index in [9.17, 15) is 13.6 Å². The highest BCUT2D eigenvalue weighted by Crippen LogP contribution is 2.17. The molecule has 0 aliphatic heterocycles. The average molecular weight is 271 g/mol. The molecule has 0 saturated heterocycles. The summed E-state index contributed by atoms with van der Waals surface area (Å²) in [5.41, 5.74) is 5.51. The third-order valence-corrected chi connectivity index (χ3v) is 3.07. The van der Waals surface area contributed by atoms with Crippen molar-refractivity contribution in [2.75, 3.05) is 27.7 Å². The Morgan fingerprint density at radius 1 is 1.37 bits per heavy atom. The van der Waals surface area contributed by atoms with Gasteiger partial charge in [-0.3, -0.25) is 4.79 Å². The van der Waals surface area contributed by atoms with E-state index in [1.807, 2.05) is 19.0 Å². The number of carbonyl (C=O) groups excluding carboxylic acids is 1. The molecular weight excluding hydrogens is 252 g/mol. The fourth-order valence-corrected chi connectivity index (χ4v) is 1.78. The van der Waals surface area contributed by atoms with Gasteiger partial charge >= 0.3 is 0 Å². The normalized spacial score (nSPS) is 12.6. The average Bonchev–Trinajstić information content (AvgIpc) is 2.37. The van der Waals surface area contributed by atoms with Gasteiger partial charge in [0.1, 0.15) is 11.6 Å². The Balaban J connectivity index is 3.05. The number of hydrogen-bond acceptors (Lipinski definition) is 3. The zero-order valence-electron chi connectivity index (χ0n) is 11.3. The highest BCUT2D eigenvalue weighted by atomic mass is 19.1. The maximum atomic E-state index is 13.9. The molecule has 0 radical (unpaired) electrons. The molecule has 0 aromatic heterocycles. The molecular formula is C13H19F2N3O. The van der Waals surface area contributed by atoms with Crippen LogP contribution in [0.3, 0.4) is 0 Å². The van der Waals surface area contributed by atoms with Crippen LogP contribution < -0.4 is 11.1 Å². The van der Waals surface area contributed by atoms with Crippen LogP contribution in [0.1, 0.15) is 15.9 Å². The third kappa shape index (κ3) is 3.71. The van der Waals surface area contributed by atoms with Crippen LogP contribution in [0.2, 0.25) is 0 Å². The molecule has 4 nitrogen and oxygen atoms in total. The van der Waals surface area contributed by atoms with Crippen LogP contribution in [-0.2, 0) is 6.42 Å². The Morgan fingerprint density at radius 3 is 2.47 bits per heavy atom. The molecule has 106 valence electrons. The Kier molecular flexibility index (Phi) is 5.38. The number of likely N-dealkylation sites (N-methyl/N-ethyl adjacent to an activating group) is 1. The van der Waals surface area contributed by atoms with Gasteiger partial charge in [0.2, 0.25) is 0 Å². The summed E-state index contributed by atoms with van der Waals surface area (Å²) >= 11 is 0. The predicted octanol–water partition coefficient (Wildman–Crippen LogP) is 0.756. The highest BCUT2D eigenvalue weighted by Gasteiger charge is 2.18. The topological polar surface area (TPSA) is 58.4 Å². The number of nitrogens with zero attached hydrogens (tertiary/aromatic N) is 1. The standard InChI is InChI=1S/C13H19F2N3O/c1-17-13(19)10-6-11(14)8(5-12(10)15)4-9(7-16)18(2)3/h5-6,9H,4,7,16H2,1-3H3,(H,17,19). The van der Waals surface area contributed by atoms with Gasteiger partial charge in [-0.1, -0.05) is 0 Å². The first-order valence-electron chi connectivity index (χ1n) is 5.97. The first-order chi connectivity index (χ1) is 8.90. The van der Waals surface area contributed by atoms with E-state index in [1.54, 1.807) is 0 Å². The Morgan fingerprint density at radius 2 is 2.00 bits per heavy atom. The zero-order valence-corrected chi connectivity index (χ0v) is 11.3. The van der Waals surface area contributed by atoms with E-state index in [1.165, 1.54) is 7.05 Å². The van der Waals surface area contributed by atoms with Crippen LogP contribution in [-0.4, -0.2) is 44.5 Å². The van der Waals surface area contributed by atoms with Gasteiger partial charge < -0.3 is 16.0 Å². The second-order valence-corrected chi connectivity index (χ2v) is 4.56. The third-order valence-electron chi connectivity index (χ3n) is 3.07. The van der Waals surface area contributed by atoms with Crippen molar-refractivity contribution in [2.45, 2.75) is 12.5 Å². The molecule has 1 amide bonds. The second kappa shape index (κ2) is 6.58. The molecule has 0 aliphatic carbocycles. The molecule has 6 heteroatoms. The number of hydrogen-bond donors (Lipinski definition) is 2. The van der Waals surface area contributed by atoms with Crippen molar-refractivity contribution < 1.29 is 13.6 Å². The summed E-state index contributed by atoms with van der Waals surface area (Å²) in [6.07, 6.45) is 0.292. The fraction of sp³-hybridized carbons (Fsp3) is 0.462. The molecule has 1 rings (SSSR count). The Labute approximate surface area is 111 Å². The van der Waals surface area contributed by atoms with Crippen molar-refractivity contribution in [3.8, 4) is 0 Å². The van der Waals surface area contributed by atoms with Gasteiger partial charge in [0.05, 0.1) is 5.56 Å². The van der Waals surface area contributed by atoms with Gasteiger partial charge in [-0.05, 0) is 38.2 Å². The summed E-state index contributed by atoms with van der Waals surface area (Å²) in [4.78, 5) is 13.2. The summed E-state index contributed by atoms with van der Waals surface area (Å²) in [6, 6.07) is 1.90. The molecule has 19 heavy (non-hydrogen) atoms. The highest BCUT2D eigenvalue weighted by molar-refractivity contribution is 5.94. The predicted molar refractivity (Wildman–Crippen MR) is 70.0 cm³/mol. The maximum absolute atomic E-state index is 13.9. The summed E-state index contributed by atoms with van der Waals surface area (Å²) in [5.74, 6) is -1.98. The van der Waals surface area contributed by atoms with Crippen LogP contribution >= 0.6 is 0 Å². The van der Waals surface area contributed by atoms with Crippen LogP contribution in [0.4, 0.5) is 8.78 Å². The summed E-state index contributed by atoms with van der Waals surface area (Å²) in [6.45, 7) is 0.339. The lowest BCUT2D eigenvalue weighted by Crippen LogP contribution is -2.37. The van der Waals surface area contributed by atoms with Crippen LogP contribution in [0.15, 0.2) is 12.1 Å². The molecule has 3 N–H and O–H groups in total. The number of nitrogens with two attached hydrogens (primary N) is 1. The SMILES string of the molecule is CNC(=O)c1cc(F)c(CC(CN)N(C)C)cc1F. The van der Waals surface area contributed by atoms with Crippen molar-refractivity contribution in [3.05, 3.63) is 34.9 Å². The first-order valence-corrected chi connectivity index (χ1v) is 5.97. The van der Waals surface area contributed by atoms with Crippen LogP contribution in [0, 0.1) is 11.6 Å². The molecule has 1 aromatic carbocycles. The molecule has 1 unspecified atom stereocenters. The number of carbonyl (C=O) groups is 1. The molecule has 0 heterocycles. The zero-order chi connectivity index (χ0) is 14.6. The van der Waals surface area contributed by atoms with Crippen LogP contribution in [0.25, 0.3) is 0 Å². The minimum atomic E-state index is -0.731. The largest absolute Gasteiger partial charge is 0.355 e. The molecule has 0 spiro atoms. The van der Waals surface area contributed by atoms with Gasteiger partial charge in [0.15, 0.2) is 0 Å². The van der Waals surface area contributed by atoms with E-state index >= 15 is 0 Å². The van der Waals surface area contributed by atoms with E-state index in [4.69, 9.17) is 5.73 Å². The van der Waals surface area contributed by atoms with Crippen molar-refractivity contribution in [1.82, 2.24) is 10.2 Å². The van der Waals surface area contributed by atoms with Crippen molar-refractivity contribution >= 4 is 5.91 Å². The number of halogens is 2. The molecule has 1 atom stereocenters. The van der Waals surface area contributed by atoms with Crippen molar-refractivity contribution in [3.63, 3.8) is 0 Å². The Bertz CT molecular complexity index is 463. The smallest absolute Gasteiger partial charge is 0.254 e. The lowest BCUT2D eigenvalue weighted by atomic mass is 10.0. The van der Waals surface area contributed by atoms with E-state index in [2.05, 4.69) is 5.32 Å². The fourth-order valence-electron chi connectivity index (χ4n) is 1.78. The molecule has 1 aromatic rings. The van der Waals surface area contributed by atoms with E-state index in [0.717, 1.165) is 12.1 Å². The maximum Gasteiger partial charge on any atom is 0.254 e.